The normalized spacial score (nSPS) is 21.6. The molecule has 4 heterocycles. The number of pyridine rings is 1. The Hall–Kier alpha value is -3.64. The number of likely N-dealkylation sites (N-methyl/N-ethyl adjacent to an activating group) is 1. The molecule has 12 heteroatoms. The van der Waals surface area contributed by atoms with Gasteiger partial charge in [0, 0.05) is 36.6 Å². The minimum atomic E-state index is -1.42. The number of nitrogens with zero attached hydrogens (tertiary/aromatic N) is 5. The molecule has 1 fully saturated rings. The van der Waals surface area contributed by atoms with Crippen LogP contribution in [0.3, 0.4) is 0 Å². The van der Waals surface area contributed by atoms with Gasteiger partial charge in [-0.1, -0.05) is 23.7 Å². The summed E-state index contributed by atoms with van der Waals surface area (Å²) in [6, 6.07) is 9.35. The molecule has 1 aliphatic rings. The van der Waals surface area contributed by atoms with Gasteiger partial charge in [-0.05, 0) is 36.2 Å². The van der Waals surface area contributed by atoms with Crippen LogP contribution in [0.25, 0.3) is 22.6 Å². The van der Waals surface area contributed by atoms with E-state index in [4.69, 9.17) is 21.3 Å². The molecule has 186 valence electrons. The van der Waals surface area contributed by atoms with Gasteiger partial charge in [0.2, 0.25) is 0 Å². The molecule has 0 aliphatic carbocycles. The van der Waals surface area contributed by atoms with E-state index in [1.807, 2.05) is 31.2 Å². The van der Waals surface area contributed by atoms with Crippen LogP contribution in [0.5, 0.6) is 0 Å². The first-order chi connectivity index (χ1) is 17.4. The number of halogens is 1. The van der Waals surface area contributed by atoms with Crippen molar-refractivity contribution in [3.8, 4) is 11.4 Å². The summed E-state index contributed by atoms with van der Waals surface area (Å²) < 4.78 is 7.23. The van der Waals surface area contributed by atoms with Crippen LogP contribution in [0.4, 0.5) is 5.82 Å². The van der Waals surface area contributed by atoms with Crippen molar-refractivity contribution in [3.05, 3.63) is 65.2 Å². The third-order valence-electron chi connectivity index (χ3n) is 5.92. The van der Waals surface area contributed by atoms with Crippen LogP contribution in [0, 0.1) is 6.92 Å². The Balaban J connectivity index is 1.58. The minimum Gasteiger partial charge on any atom is -0.387 e. The SMILES string of the molecule is CNC(=O)C1OC(n2cnc3c(NCc4cccc(Cl)c4)nc(-c4cncc(C)c4)nc32)C(O)C1O. The van der Waals surface area contributed by atoms with Gasteiger partial charge in [0.05, 0.1) is 6.33 Å². The number of imidazole rings is 1. The summed E-state index contributed by atoms with van der Waals surface area (Å²) in [5, 5.41) is 27.4. The molecule has 1 saturated heterocycles. The molecule has 0 spiro atoms. The van der Waals surface area contributed by atoms with Gasteiger partial charge in [-0.15, -0.1) is 0 Å². The van der Waals surface area contributed by atoms with E-state index in [9.17, 15) is 15.0 Å². The fraction of sp³-hybridized carbons (Fsp3) is 0.292. The Morgan fingerprint density at radius 1 is 1.19 bits per heavy atom. The smallest absolute Gasteiger partial charge is 0.251 e. The number of rotatable bonds is 6. The minimum absolute atomic E-state index is 0.351. The van der Waals surface area contributed by atoms with Crippen LogP contribution >= 0.6 is 11.6 Å². The molecule has 0 saturated carbocycles. The highest BCUT2D eigenvalue weighted by Gasteiger charge is 2.47. The zero-order chi connectivity index (χ0) is 25.4. The first-order valence-corrected chi connectivity index (χ1v) is 11.6. The Morgan fingerprint density at radius 3 is 2.78 bits per heavy atom. The maximum Gasteiger partial charge on any atom is 0.251 e. The summed E-state index contributed by atoms with van der Waals surface area (Å²) in [4.78, 5) is 30.2. The lowest BCUT2D eigenvalue weighted by Crippen LogP contribution is -2.41. The quantitative estimate of drug-likeness (QED) is 0.305. The van der Waals surface area contributed by atoms with Gasteiger partial charge < -0.3 is 25.6 Å². The Morgan fingerprint density at radius 2 is 2.03 bits per heavy atom. The monoisotopic (exact) mass is 509 g/mol. The van der Waals surface area contributed by atoms with Gasteiger partial charge in [0.15, 0.2) is 35.1 Å². The Bertz CT molecular complexity index is 1430. The number of aromatic nitrogens is 5. The van der Waals surface area contributed by atoms with E-state index >= 15 is 0 Å². The predicted molar refractivity (Wildman–Crippen MR) is 132 cm³/mol. The number of amides is 1. The molecule has 0 bridgehead atoms. The second kappa shape index (κ2) is 9.78. The van der Waals surface area contributed by atoms with Crippen LogP contribution in [-0.2, 0) is 16.1 Å². The second-order valence-corrected chi connectivity index (χ2v) is 8.93. The number of fused-ring (bicyclic) bond motifs is 1. The molecule has 36 heavy (non-hydrogen) atoms. The fourth-order valence-corrected chi connectivity index (χ4v) is 4.33. The van der Waals surface area contributed by atoms with Crippen LogP contribution < -0.4 is 10.6 Å². The number of benzene rings is 1. The van der Waals surface area contributed by atoms with Gasteiger partial charge in [0.25, 0.3) is 5.91 Å². The third kappa shape index (κ3) is 4.49. The lowest BCUT2D eigenvalue weighted by molar-refractivity contribution is -0.137. The van der Waals surface area contributed by atoms with E-state index in [0.29, 0.717) is 39.9 Å². The number of aliphatic hydroxyl groups excluding tert-OH is 2. The van der Waals surface area contributed by atoms with Crippen molar-refractivity contribution in [2.75, 3.05) is 12.4 Å². The first-order valence-electron chi connectivity index (χ1n) is 11.2. The largest absolute Gasteiger partial charge is 0.387 e. The molecule has 4 N–H and O–H groups in total. The Kier molecular flexibility index (Phi) is 6.54. The maximum absolute atomic E-state index is 12.1. The maximum atomic E-state index is 12.1. The van der Waals surface area contributed by atoms with E-state index < -0.39 is 30.4 Å². The summed E-state index contributed by atoms with van der Waals surface area (Å²) in [5.74, 6) is 0.287. The molecule has 11 nitrogen and oxygen atoms in total. The van der Waals surface area contributed by atoms with Crippen molar-refractivity contribution in [1.29, 1.82) is 0 Å². The zero-order valence-electron chi connectivity index (χ0n) is 19.5. The predicted octanol–water partition coefficient (Wildman–Crippen LogP) is 1.83. The number of hydrogen-bond donors (Lipinski definition) is 4. The van der Waals surface area contributed by atoms with Crippen molar-refractivity contribution in [2.24, 2.45) is 0 Å². The number of aryl methyl sites for hydroxylation is 1. The van der Waals surface area contributed by atoms with Crippen LogP contribution in [0.15, 0.2) is 49.1 Å². The highest BCUT2D eigenvalue weighted by molar-refractivity contribution is 6.30. The summed E-state index contributed by atoms with van der Waals surface area (Å²) in [6.07, 6.45) is -0.312. The van der Waals surface area contributed by atoms with E-state index in [2.05, 4.69) is 25.6 Å². The average Bonchev–Trinajstić information content (AvgIpc) is 3.43. The number of carbonyl (C=O) groups excluding carboxylic acids is 1. The second-order valence-electron chi connectivity index (χ2n) is 8.50. The van der Waals surface area contributed by atoms with Crippen molar-refractivity contribution >= 4 is 34.5 Å². The molecule has 5 rings (SSSR count). The lowest BCUT2D eigenvalue weighted by Gasteiger charge is -2.17. The standard InChI is InChI=1S/C24H24ClN7O4/c1-12-6-14(10-27-8-12)20-30-21(28-9-13-4-3-5-15(25)7-13)16-22(31-20)32(11-29-16)24-18(34)17(33)19(36-24)23(35)26-2/h3-8,10-11,17-19,24,33-34H,9H2,1-2H3,(H,26,35)(H,28,30,31). The van der Waals surface area contributed by atoms with Crippen LogP contribution in [0.2, 0.25) is 5.02 Å². The van der Waals surface area contributed by atoms with Crippen LogP contribution in [0.1, 0.15) is 17.4 Å². The van der Waals surface area contributed by atoms with E-state index in [1.54, 1.807) is 18.5 Å². The zero-order valence-corrected chi connectivity index (χ0v) is 20.2. The number of ether oxygens (including phenoxy) is 1. The summed E-state index contributed by atoms with van der Waals surface area (Å²) in [5.41, 5.74) is 3.34. The van der Waals surface area contributed by atoms with E-state index in [1.165, 1.54) is 17.9 Å². The number of nitrogens with one attached hydrogen (secondary N) is 2. The third-order valence-corrected chi connectivity index (χ3v) is 6.16. The molecule has 4 atom stereocenters. The molecule has 1 amide bonds. The average molecular weight is 510 g/mol. The molecule has 1 aromatic carbocycles. The molecule has 3 aromatic heterocycles. The van der Waals surface area contributed by atoms with Crippen LogP contribution in [-0.4, -0.2) is 66.0 Å². The van der Waals surface area contributed by atoms with Gasteiger partial charge in [-0.25, -0.2) is 15.0 Å². The number of anilines is 1. The summed E-state index contributed by atoms with van der Waals surface area (Å²) in [7, 11) is 1.43. The number of aliphatic hydroxyl groups is 2. The molecular formula is C24H24ClN7O4. The number of hydrogen-bond acceptors (Lipinski definition) is 9. The van der Waals surface area contributed by atoms with Crippen molar-refractivity contribution < 1.29 is 19.7 Å². The lowest BCUT2D eigenvalue weighted by atomic mass is 10.1. The number of carbonyl (C=O) groups is 1. The molecular weight excluding hydrogens is 486 g/mol. The van der Waals surface area contributed by atoms with Crippen molar-refractivity contribution in [3.63, 3.8) is 0 Å². The van der Waals surface area contributed by atoms with Gasteiger partial charge in [-0.2, -0.15) is 0 Å². The molecule has 4 aromatic rings. The van der Waals surface area contributed by atoms with Gasteiger partial charge in [0.1, 0.15) is 12.2 Å². The Labute approximate surface area is 211 Å². The van der Waals surface area contributed by atoms with Crippen molar-refractivity contribution in [1.82, 2.24) is 29.8 Å². The fourth-order valence-electron chi connectivity index (χ4n) is 4.11. The van der Waals surface area contributed by atoms with Gasteiger partial charge >= 0.3 is 0 Å². The molecule has 0 radical (unpaired) electrons. The highest BCUT2D eigenvalue weighted by Crippen LogP contribution is 2.33. The first kappa shape index (κ1) is 24.1. The van der Waals surface area contributed by atoms with Gasteiger partial charge in [-0.3, -0.25) is 14.3 Å². The highest BCUT2D eigenvalue weighted by atomic mass is 35.5. The van der Waals surface area contributed by atoms with E-state index in [0.717, 1.165) is 11.1 Å². The molecule has 1 aliphatic heterocycles. The summed E-state index contributed by atoms with van der Waals surface area (Å²) in [6.45, 7) is 2.34. The topological polar surface area (TPSA) is 147 Å². The molecule has 4 unspecified atom stereocenters. The summed E-state index contributed by atoms with van der Waals surface area (Å²) >= 11 is 6.13. The van der Waals surface area contributed by atoms with Crippen molar-refractivity contribution in [2.45, 2.75) is 38.0 Å². The van der Waals surface area contributed by atoms with E-state index in [-0.39, 0.29) is 0 Å².